The Hall–Kier alpha value is -3.15. The molecule has 5 nitrogen and oxygen atoms in total. The zero-order chi connectivity index (χ0) is 21.5. The number of nitrogens with zero attached hydrogens (tertiary/aromatic N) is 2. The fraction of sp³-hybridized carbons (Fsp3) is 0.333. The SMILES string of the molecule is CC(C)COc1cccc(C(=O)N(C)CCCc2cc(-c3ccc(F)cc3)n[nH]2)c1. The van der Waals surface area contributed by atoms with Crippen LogP contribution in [0.4, 0.5) is 4.39 Å². The van der Waals surface area contributed by atoms with Gasteiger partial charge < -0.3 is 9.64 Å². The first kappa shape index (κ1) is 21.6. The van der Waals surface area contributed by atoms with E-state index in [4.69, 9.17) is 4.74 Å². The van der Waals surface area contributed by atoms with E-state index in [2.05, 4.69) is 24.0 Å². The van der Waals surface area contributed by atoms with E-state index in [1.54, 1.807) is 30.1 Å². The second kappa shape index (κ2) is 10.1. The van der Waals surface area contributed by atoms with Crippen molar-refractivity contribution in [3.8, 4) is 17.0 Å². The number of aromatic amines is 1. The molecule has 0 aliphatic heterocycles. The van der Waals surface area contributed by atoms with Crippen molar-refractivity contribution < 1.29 is 13.9 Å². The molecule has 0 fully saturated rings. The second-order valence-corrected chi connectivity index (χ2v) is 7.85. The summed E-state index contributed by atoms with van der Waals surface area (Å²) in [5.74, 6) is 0.854. The Morgan fingerprint density at radius 1 is 1.17 bits per heavy atom. The monoisotopic (exact) mass is 409 g/mol. The van der Waals surface area contributed by atoms with Gasteiger partial charge in [-0.25, -0.2) is 4.39 Å². The minimum absolute atomic E-state index is 0.0263. The Labute approximate surface area is 176 Å². The van der Waals surface area contributed by atoms with Gasteiger partial charge in [0.15, 0.2) is 0 Å². The molecule has 1 N–H and O–H groups in total. The molecule has 0 bridgehead atoms. The van der Waals surface area contributed by atoms with Crippen LogP contribution < -0.4 is 4.74 Å². The van der Waals surface area contributed by atoms with Gasteiger partial charge in [0.05, 0.1) is 12.3 Å². The molecule has 0 unspecified atom stereocenters. The van der Waals surface area contributed by atoms with Crippen LogP contribution in [0.2, 0.25) is 0 Å². The quantitative estimate of drug-likeness (QED) is 0.544. The van der Waals surface area contributed by atoms with Crippen molar-refractivity contribution in [3.05, 3.63) is 71.7 Å². The van der Waals surface area contributed by atoms with E-state index in [1.165, 1.54) is 12.1 Å². The van der Waals surface area contributed by atoms with Crippen molar-refractivity contribution >= 4 is 5.91 Å². The molecule has 3 rings (SSSR count). The Morgan fingerprint density at radius 2 is 1.93 bits per heavy atom. The molecule has 0 saturated carbocycles. The summed E-state index contributed by atoms with van der Waals surface area (Å²) in [4.78, 5) is 14.4. The van der Waals surface area contributed by atoms with Crippen LogP contribution in [0.25, 0.3) is 11.3 Å². The van der Waals surface area contributed by atoms with Crippen LogP contribution in [-0.2, 0) is 6.42 Å². The average molecular weight is 410 g/mol. The van der Waals surface area contributed by atoms with Gasteiger partial charge in [-0.2, -0.15) is 5.10 Å². The fourth-order valence-electron chi connectivity index (χ4n) is 3.07. The van der Waals surface area contributed by atoms with Crippen molar-refractivity contribution in [2.24, 2.45) is 5.92 Å². The highest BCUT2D eigenvalue weighted by Crippen LogP contribution is 2.19. The normalized spacial score (nSPS) is 11.0. The van der Waals surface area contributed by atoms with Crippen LogP contribution in [0.15, 0.2) is 54.6 Å². The van der Waals surface area contributed by atoms with E-state index >= 15 is 0 Å². The Morgan fingerprint density at radius 3 is 2.67 bits per heavy atom. The number of halogens is 1. The minimum atomic E-state index is -0.265. The first-order valence-electron chi connectivity index (χ1n) is 10.2. The molecule has 0 aliphatic rings. The predicted octanol–water partition coefficient (Wildman–Crippen LogP) is 4.96. The molecular formula is C24H28FN3O2. The molecule has 3 aromatic rings. The van der Waals surface area contributed by atoms with Crippen molar-refractivity contribution in [2.75, 3.05) is 20.2 Å². The highest BCUT2D eigenvalue weighted by atomic mass is 19.1. The third-order valence-electron chi connectivity index (χ3n) is 4.72. The lowest BCUT2D eigenvalue weighted by molar-refractivity contribution is 0.0793. The standard InChI is InChI=1S/C24H28FN3O2/c1-17(2)16-30-22-8-4-6-19(14-22)24(29)28(3)13-5-7-21-15-23(27-26-21)18-9-11-20(25)12-10-18/h4,6,8-12,14-15,17H,5,7,13,16H2,1-3H3,(H,26,27). The van der Waals surface area contributed by atoms with Crippen molar-refractivity contribution in [2.45, 2.75) is 26.7 Å². The molecule has 0 aliphatic carbocycles. The molecular weight excluding hydrogens is 381 g/mol. The number of rotatable bonds is 9. The minimum Gasteiger partial charge on any atom is -0.493 e. The smallest absolute Gasteiger partial charge is 0.253 e. The zero-order valence-corrected chi connectivity index (χ0v) is 17.7. The number of H-pyrrole nitrogens is 1. The van der Waals surface area contributed by atoms with Crippen LogP contribution >= 0.6 is 0 Å². The van der Waals surface area contributed by atoms with E-state index in [0.717, 1.165) is 29.8 Å². The molecule has 0 atom stereocenters. The number of amides is 1. The average Bonchev–Trinajstić information content (AvgIpc) is 3.21. The van der Waals surface area contributed by atoms with E-state index in [9.17, 15) is 9.18 Å². The second-order valence-electron chi connectivity index (χ2n) is 7.85. The summed E-state index contributed by atoms with van der Waals surface area (Å²) < 4.78 is 18.8. The number of benzene rings is 2. The molecule has 30 heavy (non-hydrogen) atoms. The third kappa shape index (κ3) is 5.92. The summed E-state index contributed by atoms with van der Waals surface area (Å²) in [6.45, 7) is 5.43. The predicted molar refractivity (Wildman–Crippen MR) is 116 cm³/mol. The van der Waals surface area contributed by atoms with Gasteiger partial charge in [0.1, 0.15) is 11.6 Å². The van der Waals surface area contributed by atoms with E-state index in [1.807, 2.05) is 24.3 Å². The van der Waals surface area contributed by atoms with Crippen LogP contribution in [0.1, 0.15) is 36.3 Å². The maximum Gasteiger partial charge on any atom is 0.253 e. The highest BCUT2D eigenvalue weighted by molar-refractivity contribution is 5.94. The molecule has 158 valence electrons. The Bertz CT molecular complexity index is 967. The number of carbonyl (C=O) groups excluding carboxylic acids is 1. The molecule has 1 aromatic heterocycles. The maximum atomic E-state index is 13.1. The largest absolute Gasteiger partial charge is 0.493 e. The van der Waals surface area contributed by atoms with E-state index in [0.29, 0.717) is 30.4 Å². The highest BCUT2D eigenvalue weighted by Gasteiger charge is 2.13. The summed E-state index contributed by atoms with van der Waals surface area (Å²) in [6.07, 6.45) is 1.57. The van der Waals surface area contributed by atoms with Gasteiger partial charge in [-0.1, -0.05) is 19.9 Å². The van der Waals surface area contributed by atoms with Crippen molar-refractivity contribution in [3.63, 3.8) is 0 Å². The molecule has 0 saturated heterocycles. The van der Waals surface area contributed by atoms with Crippen LogP contribution in [0.3, 0.4) is 0 Å². The number of nitrogens with one attached hydrogen (secondary N) is 1. The van der Waals surface area contributed by atoms with Crippen LogP contribution in [-0.4, -0.2) is 41.2 Å². The van der Waals surface area contributed by atoms with E-state index in [-0.39, 0.29) is 11.7 Å². The van der Waals surface area contributed by atoms with Gasteiger partial charge in [-0.05, 0) is 67.3 Å². The molecule has 6 heteroatoms. The summed E-state index contributed by atoms with van der Waals surface area (Å²) >= 11 is 0. The molecule has 0 spiro atoms. The number of ether oxygens (including phenoxy) is 1. The zero-order valence-electron chi connectivity index (χ0n) is 17.7. The van der Waals surface area contributed by atoms with Gasteiger partial charge in [0.25, 0.3) is 5.91 Å². The molecule has 1 heterocycles. The molecule has 0 radical (unpaired) electrons. The lowest BCUT2D eigenvalue weighted by Gasteiger charge is -2.17. The van der Waals surface area contributed by atoms with Gasteiger partial charge in [-0.15, -0.1) is 0 Å². The maximum absolute atomic E-state index is 13.1. The topological polar surface area (TPSA) is 58.2 Å². The van der Waals surface area contributed by atoms with E-state index < -0.39 is 0 Å². The van der Waals surface area contributed by atoms with Gasteiger partial charge in [-0.3, -0.25) is 9.89 Å². The van der Waals surface area contributed by atoms with Gasteiger partial charge >= 0.3 is 0 Å². The first-order valence-corrected chi connectivity index (χ1v) is 10.2. The summed E-state index contributed by atoms with van der Waals surface area (Å²) in [5, 5.41) is 7.31. The number of aryl methyl sites for hydroxylation is 1. The summed E-state index contributed by atoms with van der Waals surface area (Å²) in [5.41, 5.74) is 3.26. The van der Waals surface area contributed by atoms with Crippen molar-refractivity contribution in [1.29, 1.82) is 0 Å². The molecule has 1 amide bonds. The van der Waals surface area contributed by atoms with Crippen LogP contribution in [0, 0.1) is 11.7 Å². The summed E-state index contributed by atoms with van der Waals surface area (Å²) in [6, 6.07) is 15.6. The Balaban J connectivity index is 1.51. The van der Waals surface area contributed by atoms with Gasteiger partial charge in [0, 0.05) is 30.4 Å². The number of hydrogen-bond acceptors (Lipinski definition) is 3. The first-order chi connectivity index (χ1) is 14.4. The molecule has 2 aromatic carbocycles. The lowest BCUT2D eigenvalue weighted by atomic mass is 10.1. The summed E-state index contributed by atoms with van der Waals surface area (Å²) in [7, 11) is 1.81. The lowest BCUT2D eigenvalue weighted by Crippen LogP contribution is -2.28. The number of carbonyl (C=O) groups is 1. The Kier molecular flexibility index (Phi) is 7.22. The van der Waals surface area contributed by atoms with Crippen LogP contribution in [0.5, 0.6) is 5.75 Å². The fourth-order valence-corrected chi connectivity index (χ4v) is 3.07. The van der Waals surface area contributed by atoms with Crippen molar-refractivity contribution in [1.82, 2.24) is 15.1 Å². The van der Waals surface area contributed by atoms with Gasteiger partial charge in [0.2, 0.25) is 0 Å². The third-order valence-corrected chi connectivity index (χ3v) is 4.72. The number of aromatic nitrogens is 2. The number of hydrogen-bond donors (Lipinski definition) is 1.